The minimum Gasteiger partial charge on any atom is -0.481 e. The van der Waals surface area contributed by atoms with Crippen molar-refractivity contribution in [2.75, 3.05) is 6.61 Å². The van der Waals surface area contributed by atoms with Crippen LogP contribution in [0.5, 0.6) is 0 Å². The molecule has 0 aromatic rings. The highest BCUT2D eigenvalue weighted by atomic mass is 16.4. The Morgan fingerprint density at radius 1 is 1.00 bits per heavy atom. The molecule has 0 aromatic carbocycles. The molecular weight excluding hydrogens is 424 g/mol. The number of hydrogen-bond acceptors (Lipinski definition) is 3. The minimum absolute atomic E-state index is 0.00713. The molecule has 4 rings (SSSR count). The number of hydrogen-bond donors (Lipinski definition) is 3. The third-order valence-corrected chi connectivity index (χ3v) is 12.6. The van der Waals surface area contributed by atoms with Gasteiger partial charge in [0, 0.05) is 6.61 Å². The maximum absolute atomic E-state index is 12.8. The number of rotatable bonds is 2. The molecule has 0 aliphatic heterocycles. The quantitative estimate of drug-likeness (QED) is 0.402. The van der Waals surface area contributed by atoms with Crippen LogP contribution in [0, 0.1) is 51.2 Å². The summed E-state index contributed by atoms with van der Waals surface area (Å²) in [5.74, 6) is 0.799. The molecular formula is C30H50O4. The van der Waals surface area contributed by atoms with Gasteiger partial charge in [-0.25, -0.2) is 0 Å². The number of carboxylic acids is 1. The van der Waals surface area contributed by atoms with Crippen LogP contribution in [0.25, 0.3) is 0 Å². The zero-order valence-electron chi connectivity index (χ0n) is 22.6. The molecule has 0 saturated heterocycles. The summed E-state index contributed by atoms with van der Waals surface area (Å²) >= 11 is 0. The van der Waals surface area contributed by atoms with Crippen LogP contribution in [0.4, 0.5) is 0 Å². The highest BCUT2D eigenvalue weighted by Crippen LogP contribution is 2.70. The summed E-state index contributed by atoms with van der Waals surface area (Å²) in [6.45, 7) is 14.1. The number of aliphatic hydroxyl groups is 2. The number of allylic oxidation sites excluding steroid dienone is 2. The van der Waals surface area contributed by atoms with E-state index in [1.807, 2.05) is 0 Å². The lowest BCUT2D eigenvalue weighted by Gasteiger charge is -2.65. The second-order valence-electron chi connectivity index (χ2n) is 13.8. The van der Waals surface area contributed by atoms with Gasteiger partial charge in [0.15, 0.2) is 0 Å². The highest BCUT2D eigenvalue weighted by molar-refractivity contribution is 5.76. The van der Waals surface area contributed by atoms with E-state index >= 15 is 0 Å². The molecule has 4 aliphatic rings. The number of aliphatic carboxylic acids is 1. The molecule has 4 heteroatoms. The van der Waals surface area contributed by atoms with Crippen molar-refractivity contribution >= 4 is 5.97 Å². The maximum Gasteiger partial charge on any atom is 0.310 e. The predicted octanol–water partition coefficient (Wildman–Crippen LogP) is 6.45. The van der Waals surface area contributed by atoms with Gasteiger partial charge in [-0.2, -0.15) is 0 Å². The second kappa shape index (κ2) is 8.91. The Balaban J connectivity index is 1.76. The van der Waals surface area contributed by atoms with Gasteiger partial charge in [0.2, 0.25) is 0 Å². The first-order chi connectivity index (χ1) is 15.8. The third-order valence-electron chi connectivity index (χ3n) is 12.6. The molecule has 0 aromatic heterocycles. The lowest BCUT2D eigenvalue weighted by molar-refractivity contribution is -0.167. The van der Waals surface area contributed by atoms with E-state index in [0.29, 0.717) is 18.3 Å². The molecule has 4 aliphatic carbocycles. The summed E-state index contributed by atoms with van der Waals surface area (Å²) in [4.78, 5) is 12.8. The summed E-state index contributed by atoms with van der Waals surface area (Å²) in [5, 5.41) is 31.6. The summed E-state index contributed by atoms with van der Waals surface area (Å²) in [6, 6.07) is 0. The minimum atomic E-state index is -0.672. The van der Waals surface area contributed by atoms with Crippen LogP contribution >= 0.6 is 0 Å². The van der Waals surface area contributed by atoms with Crippen molar-refractivity contribution in [2.45, 2.75) is 112 Å². The SMILES string of the molecule is CC1C(CO)CCC2(C(=O)O)CCC3(C)C(=CCC4CCCC(O)C(C)(C)C(C)CCC43C)C12. The Bertz CT molecular complexity index is 817. The Hall–Kier alpha value is -0.870. The van der Waals surface area contributed by atoms with Crippen LogP contribution in [-0.2, 0) is 4.79 Å². The molecule has 0 bridgehead atoms. The van der Waals surface area contributed by atoms with E-state index in [9.17, 15) is 20.1 Å². The lowest BCUT2D eigenvalue weighted by Crippen LogP contribution is -2.59. The van der Waals surface area contributed by atoms with E-state index in [1.54, 1.807) is 0 Å². The van der Waals surface area contributed by atoms with Gasteiger partial charge in [-0.1, -0.05) is 59.6 Å². The molecule has 3 N–H and O–H groups in total. The Kier molecular flexibility index (Phi) is 6.86. The first kappa shape index (κ1) is 26.2. The fourth-order valence-electron chi connectivity index (χ4n) is 9.07. The van der Waals surface area contributed by atoms with E-state index < -0.39 is 11.4 Å². The van der Waals surface area contributed by atoms with Crippen LogP contribution in [-0.4, -0.2) is 34.0 Å². The van der Waals surface area contributed by atoms with E-state index in [1.165, 1.54) is 5.57 Å². The van der Waals surface area contributed by atoms with Gasteiger partial charge in [0.05, 0.1) is 11.5 Å². The molecule has 4 nitrogen and oxygen atoms in total. The first-order valence-corrected chi connectivity index (χ1v) is 14.1. The van der Waals surface area contributed by atoms with Crippen molar-refractivity contribution in [3.05, 3.63) is 11.6 Å². The van der Waals surface area contributed by atoms with Crippen molar-refractivity contribution in [1.82, 2.24) is 0 Å². The largest absolute Gasteiger partial charge is 0.481 e. The molecule has 0 amide bonds. The lowest BCUT2D eigenvalue weighted by atomic mass is 9.39. The Morgan fingerprint density at radius 3 is 2.35 bits per heavy atom. The van der Waals surface area contributed by atoms with Gasteiger partial charge < -0.3 is 15.3 Å². The zero-order valence-corrected chi connectivity index (χ0v) is 22.6. The molecule has 9 atom stereocenters. The second-order valence-corrected chi connectivity index (χ2v) is 13.8. The molecule has 9 unspecified atom stereocenters. The van der Waals surface area contributed by atoms with Gasteiger partial charge in [-0.15, -0.1) is 0 Å². The number of carbonyl (C=O) groups is 1. The van der Waals surface area contributed by atoms with Gasteiger partial charge in [0.1, 0.15) is 0 Å². The van der Waals surface area contributed by atoms with Crippen LogP contribution < -0.4 is 0 Å². The molecule has 0 radical (unpaired) electrons. The molecule has 3 fully saturated rings. The molecule has 194 valence electrons. The van der Waals surface area contributed by atoms with E-state index in [0.717, 1.165) is 57.8 Å². The van der Waals surface area contributed by atoms with Crippen LogP contribution in [0.3, 0.4) is 0 Å². The monoisotopic (exact) mass is 474 g/mol. The van der Waals surface area contributed by atoms with Crippen molar-refractivity contribution in [1.29, 1.82) is 0 Å². The summed E-state index contributed by atoms with van der Waals surface area (Å²) in [6.07, 6.45) is 11.8. The van der Waals surface area contributed by atoms with E-state index in [-0.39, 0.29) is 46.7 Å². The van der Waals surface area contributed by atoms with Gasteiger partial charge >= 0.3 is 5.97 Å². The number of carboxylic acid groups (broad SMARTS) is 1. The van der Waals surface area contributed by atoms with Crippen LogP contribution in [0.15, 0.2) is 11.6 Å². The summed E-state index contributed by atoms with van der Waals surface area (Å²) < 4.78 is 0. The predicted molar refractivity (Wildman–Crippen MR) is 136 cm³/mol. The Labute approximate surface area is 207 Å². The zero-order chi connectivity index (χ0) is 25.1. The summed E-state index contributed by atoms with van der Waals surface area (Å²) in [7, 11) is 0. The van der Waals surface area contributed by atoms with Crippen molar-refractivity contribution in [3.8, 4) is 0 Å². The highest BCUT2D eigenvalue weighted by Gasteiger charge is 2.64. The van der Waals surface area contributed by atoms with Crippen LogP contribution in [0.2, 0.25) is 0 Å². The van der Waals surface area contributed by atoms with E-state index in [2.05, 4.69) is 47.6 Å². The van der Waals surface area contributed by atoms with Crippen molar-refractivity contribution in [3.63, 3.8) is 0 Å². The standard InChI is InChI=1S/C30H50O4/c1-19-12-14-28(5)22(8-7-9-24(32)27(19,3)4)10-11-23-25-20(2)21(18-31)13-15-30(25,26(33)34)17-16-29(23,28)6/h11,19-22,24-25,31-32H,7-10,12-18H2,1-6H3,(H,33,34). The van der Waals surface area contributed by atoms with Crippen LogP contribution in [0.1, 0.15) is 106 Å². The smallest absolute Gasteiger partial charge is 0.310 e. The number of fused-ring (bicyclic) bond motifs is 5. The van der Waals surface area contributed by atoms with Gasteiger partial charge in [0.25, 0.3) is 0 Å². The third kappa shape index (κ3) is 3.64. The van der Waals surface area contributed by atoms with Crippen molar-refractivity contribution in [2.24, 2.45) is 51.2 Å². The fraction of sp³-hybridized carbons (Fsp3) is 0.900. The average Bonchev–Trinajstić information content (AvgIpc) is 2.79. The van der Waals surface area contributed by atoms with Gasteiger partial charge in [-0.05, 0) is 104 Å². The number of aliphatic hydroxyl groups excluding tert-OH is 2. The maximum atomic E-state index is 12.8. The van der Waals surface area contributed by atoms with Gasteiger partial charge in [-0.3, -0.25) is 4.79 Å². The topological polar surface area (TPSA) is 77.8 Å². The molecule has 34 heavy (non-hydrogen) atoms. The molecule has 0 heterocycles. The first-order valence-electron chi connectivity index (χ1n) is 14.1. The molecule has 0 spiro atoms. The fourth-order valence-corrected chi connectivity index (χ4v) is 9.07. The van der Waals surface area contributed by atoms with E-state index in [4.69, 9.17) is 0 Å². The molecule has 3 saturated carbocycles. The average molecular weight is 475 g/mol. The normalized spacial score (nSPS) is 49.1. The van der Waals surface area contributed by atoms with Crippen molar-refractivity contribution < 1.29 is 20.1 Å². The summed E-state index contributed by atoms with van der Waals surface area (Å²) in [5.41, 5.74) is 0.770. The Morgan fingerprint density at radius 2 is 1.71 bits per heavy atom.